The smallest absolute Gasteiger partial charge is 0.132 e. The van der Waals surface area contributed by atoms with Crippen LogP contribution >= 0.6 is 15.9 Å². The fraction of sp³-hybridized carbons (Fsp3) is 0.467. The van der Waals surface area contributed by atoms with Crippen molar-refractivity contribution < 1.29 is 0 Å². The molecule has 1 aliphatic rings. The summed E-state index contributed by atoms with van der Waals surface area (Å²) in [5.41, 5.74) is 8.16. The lowest BCUT2D eigenvalue weighted by Gasteiger charge is -2.20. The van der Waals surface area contributed by atoms with Crippen LogP contribution in [0.5, 0.6) is 0 Å². The van der Waals surface area contributed by atoms with Crippen LogP contribution < -0.4 is 5.73 Å². The molecule has 0 radical (unpaired) electrons. The fourth-order valence-corrected chi connectivity index (χ4v) is 2.80. The lowest BCUT2D eigenvalue weighted by molar-refractivity contribution is 0.504. The Morgan fingerprint density at radius 1 is 1.30 bits per heavy atom. The molecule has 0 atom stereocenters. The maximum Gasteiger partial charge on any atom is 0.132 e. The van der Waals surface area contributed by atoms with Crippen molar-refractivity contribution in [1.82, 2.24) is 14.5 Å². The highest BCUT2D eigenvalue weighted by Gasteiger charge is 2.34. The van der Waals surface area contributed by atoms with Gasteiger partial charge in [0.25, 0.3) is 0 Å². The Hall–Kier alpha value is -1.36. The molecule has 0 spiro atoms. The van der Waals surface area contributed by atoms with E-state index in [1.165, 1.54) is 12.8 Å². The maximum atomic E-state index is 6.38. The van der Waals surface area contributed by atoms with Gasteiger partial charge in [-0.1, -0.05) is 20.8 Å². The maximum absolute atomic E-state index is 6.38. The van der Waals surface area contributed by atoms with Crippen molar-refractivity contribution in [3.63, 3.8) is 0 Å². The zero-order valence-corrected chi connectivity index (χ0v) is 13.6. The zero-order chi connectivity index (χ0) is 14.5. The molecule has 1 saturated carbocycles. The Bertz CT molecular complexity index is 650. The molecule has 2 aromatic heterocycles. The molecular formula is C15H19BrN4. The number of halogens is 1. The number of pyridine rings is 1. The van der Waals surface area contributed by atoms with Gasteiger partial charge >= 0.3 is 0 Å². The van der Waals surface area contributed by atoms with E-state index in [0.29, 0.717) is 6.04 Å². The van der Waals surface area contributed by atoms with Crippen LogP contribution in [0.2, 0.25) is 0 Å². The molecule has 2 aromatic rings. The van der Waals surface area contributed by atoms with E-state index < -0.39 is 0 Å². The summed E-state index contributed by atoms with van der Waals surface area (Å²) < 4.78 is 3.16. The number of nitrogen functional groups attached to an aromatic ring is 1. The number of imidazole rings is 1. The largest absolute Gasteiger partial charge is 0.383 e. The van der Waals surface area contributed by atoms with Gasteiger partial charge in [-0.25, -0.2) is 4.98 Å². The average molecular weight is 335 g/mol. The topological polar surface area (TPSA) is 56.7 Å². The second-order valence-electron chi connectivity index (χ2n) is 6.41. The molecule has 0 amide bonds. The van der Waals surface area contributed by atoms with E-state index in [1.807, 2.05) is 12.3 Å². The van der Waals surface area contributed by atoms with Gasteiger partial charge in [0, 0.05) is 33.9 Å². The standard InChI is InChI=1S/C15H19BrN4/c1-15(2,3)14-19-12(9-6-10(16)8-18-7-9)13(17)20(14)11-4-5-11/h6-8,11H,4-5,17H2,1-3H3. The highest BCUT2D eigenvalue weighted by molar-refractivity contribution is 9.10. The van der Waals surface area contributed by atoms with E-state index in [4.69, 9.17) is 10.7 Å². The minimum atomic E-state index is -0.0194. The summed E-state index contributed by atoms with van der Waals surface area (Å²) in [5.74, 6) is 1.82. The van der Waals surface area contributed by atoms with Gasteiger partial charge in [0.15, 0.2) is 0 Å². The Balaban J connectivity index is 2.18. The summed E-state index contributed by atoms with van der Waals surface area (Å²) in [4.78, 5) is 9.04. The predicted molar refractivity (Wildman–Crippen MR) is 84.5 cm³/mol. The first kappa shape index (κ1) is 13.6. The van der Waals surface area contributed by atoms with Gasteiger partial charge in [-0.15, -0.1) is 0 Å². The second kappa shape index (κ2) is 4.58. The Morgan fingerprint density at radius 2 is 2.00 bits per heavy atom. The molecule has 1 fully saturated rings. The van der Waals surface area contributed by atoms with E-state index >= 15 is 0 Å². The summed E-state index contributed by atoms with van der Waals surface area (Å²) in [7, 11) is 0. The summed E-state index contributed by atoms with van der Waals surface area (Å²) >= 11 is 3.45. The first-order chi connectivity index (χ1) is 9.38. The predicted octanol–water partition coefficient (Wildman–Crippen LogP) is 3.92. The normalized spacial score (nSPS) is 15.6. The van der Waals surface area contributed by atoms with Crippen LogP contribution in [0.25, 0.3) is 11.3 Å². The summed E-state index contributed by atoms with van der Waals surface area (Å²) in [5, 5.41) is 0. The molecule has 106 valence electrons. The molecule has 0 unspecified atom stereocenters. The third kappa shape index (κ3) is 2.35. The molecule has 1 aliphatic carbocycles. The van der Waals surface area contributed by atoms with Gasteiger partial charge in [0.2, 0.25) is 0 Å². The van der Waals surface area contributed by atoms with Crippen molar-refractivity contribution in [2.45, 2.75) is 45.1 Å². The van der Waals surface area contributed by atoms with Crippen LogP contribution in [0.4, 0.5) is 5.82 Å². The van der Waals surface area contributed by atoms with Crippen molar-refractivity contribution in [2.24, 2.45) is 0 Å². The first-order valence-electron chi connectivity index (χ1n) is 6.87. The average Bonchev–Trinajstić information content (AvgIpc) is 3.11. The van der Waals surface area contributed by atoms with E-state index in [-0.39, 0.29) is 5.41 Å². The number of aromatic nitrogens is 3. The van der Waals surface area contributed by atoms with Gasteiger partial charge in [0.05, 0.1) is 0 Å². The van der Waals surface area contributed by atoms with Gasteiger partial charge in [-0.3, -0.25) is 4.98 Å². The minimum Gasteiger partial charge on any atom is -0.383 e. The van der Waals surface area contributed by atoms with Gasteiger partial charge < -0.3 is 10.3 Å². The van der Waals surface area contributed by atoms with Crippen molar-refractivity contribution >= 4 is 21.7 Å². The van der Waals surface area contributed by atoms with Gasteiger partial charge in [-0.2, -0.15) is 0 Å². The van der Waals surface area contributed by atoms with Crippen LogP contribution in [0.3, 0.4) is 0 Å². The van der Waals surface area contributed by atoms with Crippen LogP contribution in [-0.4, -0.2) is 14.5 Å². The molecule has 0 aliphatic heterocycles. The molecule has 0 aromatic carbocycles. The second-order valence-corrected chi connectivity index (χ2v) is 7.33. The highest BCUT2D eigenvalue weighted by atomic mass is 79.9. The third-order valence-electron chi connectivity index (χ3n) is 3.51. The van der Waals surface area contributed by atoms with Crippen molar-refractivity contribution in [2.75, 3.05) is 5.73 Å². The summed E-state index contributed by atoms with van der Waals surface area (Å²) in [6.07, 6.45) is 5.97. The minimum absolute atomic E-state index is 0.0194. The third-order valence-corrected chi connectivity index (χ3v) is 3.94. The molecule has 0 bridgehead atoms. The molecule has 3 rings (SSSR count). The SMILES string of the molecule is CC(C)(C)c1nc(-c2cncc(Br)c2)c(N)n1C1CC1. The molecule has 2 N–H and O–H groups in total. The van der Waals surface area contributed by atoms with Gasteiger partial charge in [0.1, 0.15) is 17.3 Å². The fourth-order valence-electron chi connectivity index (χ4n) is 2.43. The molecule has 5 heteroatoms. The molecule has 2 heterocycles. The molecular weight excluding hydrogens is 316 g/mol. The van der Waals surface area contributed by atoms with Crippen molar-refractivity contribution in [3.8, 4) is 11.3 Å². The molecule has 20 heavy (non-hydrogen) atoms. The summed E-state index contributed by atoms with van der Waals surface area (Å²) in [6.45, 7) is 6.53. The lowest BCUT2D eigenvalue weighted by Crippen LogP contribution is -2.19. The van der Waals surface area contributed by atoms with E-state index in [9.17, 15) is 0 Å². The van der Waals surface area contributed by atoms with Crippen LogP contribution in [0.1, 0.15) is 45.5 Å². The van der Waals surface area contributed by atoms with E-state index in [2.05, 4.69) is 46.3 Å². The van der Waals surface area contributed by atoms with Crippen LogP contribution in [0.15, 0.2) is 22.9 Å². The Labute approximate surface area is 127 Å². The first-order valence-corrected chi connectivity index (χ1v) is 7.66. The van der Waals surface area contributed by atoms with E-state index in [1.54, 1.807) is 6.20 Å². The highest BCUT2D eigenvalue weighted by Crippen LogP contribution is 2.43. The molecule has 4 nitrogen and oxygen atoms in total. The quantitative estimate of drug-likeness (QED) is 0.905. The lowest BCUT2D eigenvalue weighted by atomic mass is 9.95. The Kier molecular flexibility index (Phi) is 3.12. The number of rotatable bonds is 2. The van der Waals surface area contributed by atoms with Crippen molar-refractivity contribution in [1.29, 1.82) is 0 Å². The van der Waals surface area contributed by atoms with Crippen molar-refractivity contribution in [3.05, 3.63) is 28.8 Å². The number of nitrogens with two attached hydrogens (primary N) is 1. The number of hydrogen-bond acceptors (Lipinski definition) is 3. The number of nitrogens with zero attached hydrogens (tertiary/aromatic N) is 3. The van der Waals surface area contributed by atoms with Crippen LogP contribution in [0, 0.1) is 0 Å². The molecule has 0 saturated heterocycles. The Morgan fingerprint density at radius 3 is 2.55 bits per heavy atom. The monoisotopic (exact) mass is 334 g/mol. The summed E-state index contributed by atoms with van der Waals surface area (Å²) in [6, 6.07) is 2.53. The van der Waals surface area contributed by atoms with Crippen LogP contribution in [-0.2, 0) is 5.41 Å². The number of anilines is 1. The van der Waals surface area contributed by atoms with Gasteiger partial charge in [-0.05, 0) is 34.8 Å². The van der Waals surface area contributed by atoms with E-state index in [0.717, 1.165) is 27.4 Å². The number of hydrogen-bond donors (Lipinski definition) is 1. The zero-order valence-electron chi connectivity index (χ0n) is 12.0.